The predicted octanol–water partition coefficient (Wildman–Crippen LogP) is 4.41. The third-order valence-electron chi connectivity index (χ3n) is 2.73. The molecule has 0 atom stereocenters. The van der Waals surface area contributed by atoms with Crippen molar-refractivity contribution in [1.29, 1.82) is 0 Å². The molecule has 114 valence electrons. The second-order valence-electron chi connectivity index (χ2n) is 4.14. The molecule has 1 aromatic heterocycles. The van der Waals surface area contributed by atoms with Gasteiger partial charge in [0.1, 0.15) is 0 Å². The van der Waals surface area contributed by atoms with Gasteiger partial charge < -0.3 is 14.8 Å². The summed E-state index contributed by atoms with van der Waals surface area (Å²) in [7, 11) is 1.42. The van der Waals surface area contributed by atoms with Crippen LogP contribution in [0.3, 0.4) is 0 Å². The number of thiophene rings is 1. The second kappa shape index (κ2) is 7.72. The van der Waals surface area contributed by atoms with E-state index in [9.17, 15) is 8.78 Å². The van der Waals surface area contributed by atoms with Gasteiger partial charge in [-0.2, -0.15) is 8.78 Å². The van der Waals surface area contributed by atoms with Crippen LogP contribution in [0, 0.1) is 0 Å². The number of methoxy groups -OCH3 is 1. The van der Waals surface area contributed by atoms with Crippen molar-refractivity contribution in [2.24, 2.45) is 0 Å². The number of ether oxygens (including phenoxy) is 2. The van der Waals surface area contributed by atoms with Crippen LogP contribution in [0.5, 0.6) is 11.5 Å². The minimum atomic E-state index is -2.88. The minimum absolute atomic E-state index is 0.0786. The van der Waals surface area contributed by atoms with Crippen LogP contribution in [-0.4, -0.2) is 13.7 Å². The van der Waals surface area contributed by atoms with Gasteiger partial charge in [0.2, 0.25) is 0 Å². The predicted molar refractivity (Wildman–Crippen MR) is 82.2 cm³/mol. The average molecular weight is 378 g/mol. The summed E-state index contributed by atoms with van der Waals surface area (Å²) >= 11 is 5.02. The smallest absolute Gasteiger partial charge is 0.387 e. The number of hydrogen-bond donors (Lipinski definition) is 1. The zero-order chi connectivity index (χ0) is 15.2. The van der Waals surface area contributed by atoms with Crippen molar-refractivity contribution < 1.29 is 18.3 Å². The topological polar surface area (TPSA) is 30.5 Å². The molecular formula is C14H14BrF2NO2S. The maximum Gasteiger partial charge on any atom is 0.387 e. The number of halogens is 3. The Bertz CT molecular complexity index is 592. The molecule has 1 N–H and O–H groups in total. The van der Waals surface area contributed by atoms with E-state index in [-0.39, 0.29) is 5.75 Å². The highest BCUT2D eigenvalue weighted by molar-refractivity contribution is 9.11. The summed E-state index contributed by atoms with van der Waals surface area (Å²) in [4.78, 5) is 1.15. The Kier molecular flexibility index (Phi) is 5.96. The number of nitrogens with one attached hydrogen (secondary N) is 1. The van der Waals surface area contributed by atoms with Crippen LogP contribution in [0.4, 0.5) is 8.78 Å². The first kappa shape index (κ1) is 16.2. The number of alkyl halides is 2. The largest absolute Gasteiger partial charge is 0.493 e. The molecule has 0 aliphatic carbocycles. The summed E-state index contributed by atoms with van der Waals surface area (Å²) in [5, 5.41) is 3.21. The molecule has 21 heavy (non-hydrogen) atoms. The SMILES string of the molecule is COc1cccc(CNCc2ccc(Br)s2)c1OC(F)F. The third-order valence-corrected chi connectivity index (χ3v) is 4.35. The summed E-state index contributed by atoms with van der Waals surface area (Å²) < 4.78 is 35.7. The summed E-state index contributed by atoms with van der Waals surface area (Å²) in [6.45, 7) is -1.82. The molecule has 0 spiro atoms. The maximum atomic E-state index is 12.5. The first-order valence-electron chi connectivity index (χ1n) is 6.15. The van der Waals surface area contributed by atoms with Gasteiger partial charge in [0.15, 0.2) is 11.5 Å². The van der Waals surface area contributed by atoms with E-state index in [1.807, 2.05) is 12.1 Å². The third kappa shape index (κ3) is 4.66. The van der Waals surface area contributed by atoms with Crippen molar-refractivity contribution in [1.82, 2.24) is 5.32 Å². The van der Waals surface area contributed by atoms with E-state index in [0.29, 0.717) is 24.4 Å². The summed E-state index contributed by atoms with van der Waals surface area (Å²) in [5.74, 6) is 0.378. The molecule has 0 fully saturated rings. The highest BCUT2D eigenvalue weighted by Crippen LogP contribution is 2.32. The van der Waals surface area contributed by atoms with Crippen LogP contribution >= 0.6 is 27.3 Å². The van der Waals surface area contributed by atoms with Crippen molar-refractivity contribution in [2.45, 2.75) is 19.7 Å². The quantitative estimate of drug-likeness (QED) is 0.774. The molecular weight excluding hydrogens is 364 g/mol. The molecule has 0 unspecified atom stereocenters. The fraction of sp³-hybridized carbons (Fsp3) is 0.286. The van der Waals surface area contributed by atoms with Crippen LogP contribution in [0.25, 0.3) is 0 Å². The molecule has 0 aliphatic heterocycles. The van der Waals surface area contributed by atoms with Crippen molar-refractivity contribution in [3.8, 4) is 11.5 Å². The van der Waals surface area contributed by atoms with Gasteiger partial charge in [0.05, 0.1) is 10.9 Å². The Labute approximate surface area is 134 Å². The van der Waals surface area contributed by atoms with Gasteiger partial charge in [0, 0.05) is 23.5 Å². The lowest BCUT2D eigenvalue weighted by molar-refractivity contribution is -0.0518. The summed E-state index contributed by atoms with van der Waals surface area (Å²) in [6, 6.07) is 9.05. The van der Waals surface area contributed by atoms with Gasteiger partial charge in [-0.1, -0.05) is 12.1 Å². The standard InChI is InChI=1S/C14H14BrF2NO2S/c1-19-11-4-2-3-9(13(11)20-14(16)17)7-18-8-10-5-6-12(15)21-10/h2-6,14,18H,7-8H2,1H3. The first-order valence-corrected chi connectivity index (χ1v) is 7.76. The van der Waals surface area contributed by atoms with Crippen molar-refractivity contribution in [3.05, 3.63) is 44.6 Å². The van der Waals surface area contributed by atoms with E-state index in [0.717, 1.165) is 8.66 Å². The molecule has 0 saturated carbocycles. The van der Waals surface area contributed by atoms with Crippen LogP contribution in [0.15, 0.2) is 34.1 Å². The highest BCUT2D eigenvalue weighted by Gasteiger charge is 2.15. The molecule has 0 aliphatic rings. The maximum absolute atomic E-state index is 12.5. The van der Waals surface area contributed by atoms with E-state index in [1.165, 1.54) is 7.11 Å². The van der Waals surface area contributed by atoms with Crippen LogP contribution < -0.4 is 14.8 Å². The summed E-state index contributed by atoms with van der Waals surface area (Å²) in [5.41, 5.74) is 0.630. The number of rotatable bonds is 7. The number of hydrogen-bond acceptors (Lipinski definition) is 4. The molecule has 0 radical (unpaired) electrons. The summed E-state index contributed by atoms with van der Waals surface area (Å²) in [6.07, 6.45) is 0. The number of benzene rings is 1. The first-order chi connectivity index (χ1) is 10.1. The van der Waals surface area contributed by atoms with E-state index in [2.05, 4.69) is 26.0 Å². The van der Waals surface area contributed by atoms with Crippen LogP contribution in [0.2, 0.25) is 0 Å². The number of para-hydroxylation sites is 1. The fourth-order valence-electron chi connectivity index (χ4n) is 1.85. The van der Waals surface area contributed by atoms with Gasteiger partial charge in [-0.15, -0.1) is 11.3 Å². The minimum Gasteiger partial charge on any atom is -0.493 e. The molecule has 2 aromatic rings. The Morgan fingerprint density at radius 3 is 2.67 bits per heavy atom. The normalized spacial score (nSPS) is 10.9. The Hall–Kier alpha value is -1.18. The van der Waals surface area contributed by atoms with E-state index >= 15 is 0 Å². The van der Waals surface area contributed by atoms with Gasteiger partial charge in [-0.25, -0.2) is 0 Å². The van der Waals surface area contributed by atoms with Gasteiger partial charge >= 0.3 is 6.61 Å². The lowest BCUT2D eigenvalue weighted by atomic mass is 10.2. The fourth-order valence-corrected chi connectivity index (χ4v) is 3.30. The van der Waals surface area contributed by atoms with E-state index in [4.69, 9.17) is 4.74 Å². The molecule has 0 saturated heterocycles. The monoisotopic (exact) mass is 377 g/mol. The van der Waals surface area contributed by atoms with Crippen LogP contribution in [0.1, 0.15) is 10.4 Å². The Balaban J connectivity index is 2.04. The molecule has 1 heterocycles. The van der Waals surface area contributed by atoms with Crippen molar-refractivity contribution >= 4 is 27.3 Å². The molecule has 1 aromatic carbocycles. The van der Waals surface area contributed by atoms with Gasteiger partial charge in [-0.3, -0.25) is 0 Å². The van der Waals surface area contributed by atoms with Crippen molar-refractivity contribution in [3.63, 3.8) is 0 Å². The Morgan fingerprint density at radius 1 is 1.24 bits per heavy atom. The van der Waals surface area contributed by atoms with Gasteiger partial charge in [-0.05, 0) is 34.1 Å². The van der Waals surface area contributed by atoms with Gasteiger partial charge in [0.25, 0.3) is 0 Å². The Morgan fingerprint density at radius 2 is 2.05 bits per heavy atom. The van der Waals surface area contributed by atoms with E-state index in [1.54, 1.807) is 29.5 Å². The van der Waals surface area contributed by atoms with E-state index < -0.39 is 6.61 Å². The zero-order valence-electron chi connectivity index (χ0n) is 11.2. The lowest BCUT2D eigenvalue weighted by Gasteiger charge is -2.14. The zero-order valence-corrected chi connectivity index (χ0v) is 13.6. The molecule has 0 bridgehead atoms. The second-order valence-corrected chi connectivity index (χ2v) is 6.68. The lowest BCUT2D eigenvalue weighted by Crippen LogP contribution is -2.14. The van der Waals surface area contributed by atoms with Crippen molar-refractivity contribution in [2.75, 3.05) is 7.11 Å². The molecule has 0 amide bonds. The highest BCUT2D eigenvalue weighted by atomic mass is 79.9. The molecule has 7 heteroatoms. The van der Waals surface area contributed by atoms with Crippen LogP contribution in [-0.2, 0) is 13.1 Å². The average Bonchev–Trinajstić information content (AvgIpc) is 2.85. The molecule has 2 rings (SSSR count). The molecule has 3 nitrogen and oxygen atoms in total.